The third-order valence-electron chi connectivity index (χ3n) is 2.98. The third-order valence-corrected chi connectivity index (χ3v) is 3.31. The molecule has 0 bridgehead atoms. The second kappa shape index (κ2) is 4.63. The molecule has 0 fully saturated rings. The van der Waals surface area contributed by atoms with Gasteiger partial charge in [-0.2, -0.15) is 5.10 Å². The lowest BCUT2D eigenvalue weighted by atomic mass is 9.92. The maximum absolute atomic E-state index is 10.8. The lowest BCUT2D eigenvalue weighted by molar-refractivity contribution is 0.0898. The summed E-state index contributed by atoms with van der Waals surface area (Å²) in [6.45, 7) is 1.67. The molecule has 1 aromatic heterocycles. The smallest absolute Gasteiger partial charge is 0.163 e. The summed E-state index contributed by atoms with van der Waals surface area (Å²) in [5, 5.41) is 15.4. The summed E-state index contributed by atoms with van der Waals surface area (Å²) in [5.74, 6) is 0.530. The molecule has 1 N–H and O–H groups in total. The first-order valence-electron chi connectivity index (χ1n) is 5.52. The van der Waals surface area contributed by atoms with Crippen LogP contribution >= 0.6 is 11.6 Å². The van der Waals surface area contributed by atoms with E-state index >= 15 is 0 Å². The number of aryl methyl sites for hydroxylation is 1. The third kappa shape index (κ3) is 1.98. The Balaban J connectivity index is 2.61. The van der Waals surface area contributed by atoms with E-state index in [0.29, 0.717) is 22.0 Å². The van der Waals surface area contributed by atoms with Crippen LogP contribution in [0.15, 0.2) is 30.5 Å². The van der Waals surface area contributed by atoms with E-state index in [1.807, 2.05) is 12.1 Å². The molecule has 0 saturated heterocycles. The normalized spacial score (nSPS) is 14.3. The summed E-state index contributed by atoms with van der Waals surface area (Å²) < 4.78 is 6.81. The van der Waals surface area contributed by atoms with Gasteiger partial charge in [-0.1, -0.05) is 29.8 Å². The van der Waals surface area contributed by atoms with Crippen molar-refractivity contribution < 1.29 is 9.84 Å². The molecule has 0 saturated carbocycles. The summed E-state index contributed by atoms with van der Waals surface area (Å²) in [4.78, 5) is 0. The molecule has 2 aromatic rings. The Morgan fingerprint density at radius 2 is 2.06 bits per heavy atom. The van der Waals surface area contributed by atoms with Crippen LogP contribution in [0.25, 0.3) is 0 Å². The van der Waals surface area contributed by atoms with Gasteiger partial charge >= 0.3 is 0 Å². The predicted molar refractivity (Wildman–Crippen MR) is 69.9 cm³/mol. The summed E-state index contributed by atoms with van der Waals surface area (Å²) in [6.07, 6.45) is 1.57. The van der Waals surface area contributed by atoms with Crippen LogP contribution in [0.4, 0.5) is 0 Å². The Morgan fingerprint density at radius 1 is 1.39 bits per heavy atom. The second-order valence-electron chi connectivity index (χ2n) is 4.24. The molecule has 1 atom stereocenters. The van der Waals surface area contributed by atoms with Crippen LogP contribution < -0.4 is 4.74 Å². The molecule has 1 aromatic carbocycles. The molecule has 0 radical (unpaired) electrons. The number of methoxy groups -OCH3 is 1. The summed E-state index contributed by atoms with van der Waals surface area (Å²) in [7, 11) is 3.30. The van der Waals surface area contributed by atoms with Crippen LogP contribution in [0.5, 0.6) is 5.75 Å². The van der Waals surface area contributed by atoms with Crippen molar-refractivity contribution >= 4 is 11.6 Å². The first-order chi connectivity index (χ1) is 8.48. The van der Waals surface area contributed by atoms with Gasteiger partial charge in [-0.15, -0.1) is 0 Å². The topological polar surface area (TPSA) is 47.3 Å². The zero-order valence-corrected chi connectivity index (χ0v) is 11.3. The molecular formula is C13H15ClN2O2. The standard InChI is InChI=1S/C13H15ClN2O2/c1-13(17,9-6-4-5-7-10(9)14)12-11(18-3)8-15-16(12)2/h4-8,17H,1-3H3. The van der Waals surface area contributed by atoms with Crippen LogP contribution in [-0.4, -0.2) is 22.0 Å². The number of hydrogen-bond acceptors (Lipinski definition) is 3. The molecule has 0 spiro atoms. The van der Waals surface area contributed by atoms with E-state index in [1.165, 1.54) is 0 Å². The average molecular weight is 267 g/mol. The van der Waals surface area contributed by atoms with Gasteiger partial charge in [0.15, 0.2) is 5.75 Å². The minimum atomic E-state index is -1.27. The van der Waals surface area contributed by atoms with Gasteiger partial charge in [0.2, 0.25) is 0 Å². The molecule has 0 amide bonds. The number of rotatable bonds is 3. The van der Waals surface area contributed by atoms with E-state index in [0.717, 1.165) is 0 Å². The van der Waals surface area contributed by atoms with Crippen molar-refractivity contribution in [2.75, 3.05) is 7.11 Å². The zero-order valence-electron chi connectivity index (χ0n) is 10.5. The summed E-state index contributed by atoms with van der Waals surface area (Å²) in [6, 6.07) is 7.18. The van der Waals surface area contributed by atoms with Crippen molar-refractivity contribution in [1.29, 1.82) is 0 Å². The van der Waals surface area contributed by atoms with Gasteiger partial charge in [0.05, 0.1) is 13.3 Å². The van der Waals surface area contributed by atoms with Crippen LogP contribution in [0.3, 0.4) is 0 Å². The monoisotopic (exact) mass is 266 g/mol. The fourth-order valence-electron chi connectivity index (χ4n) is 2.11. The Kier molecular flexibility index (Phi) is 3.32. The summed E-state index contributed by atoms with van der Waals surface area (Å²) >= 11 is 6.14. The average Bonchev–Trinajstić information content (AvgIpc) is 2.71. The molecule has 4 nitrogen and oxygen atoms in total. The molecule has 96 valence electrons. The Labute approximate surface area is 111 Å². The van der Waals surface area contributed by atoms with Crippen LogP contribution in [0.1, 0.15) is 18.2 Å². The quantitative estimate of drug-likeness (QED) is 0.928. The number of nitrogens with zero attached hydrogens (tertiary/aromatic N) is 2. The number of halogens is 1. The number of aromatic nitrogens is 2. The van der Waals surface area contributed by atoms with E-state index in [2.05, 4.69) is 5.10 Å². The number of hydrogen-bond donors (Lipinski definition) is 1. The van der Waals surface area contributed by atoms with Crippen LogP contribution in [0, 0.1) is 0 Å². The Hall–Kier alpha value is -1.52. The molecule has 18 heavy (non-hydrogen) atoms. The van der Waals surface area contributed by atoms with Gasteiger partial charge in [-0.05, 0) is 13.0 Å². The molecule has 5 heteroatoms. The van der Waals surface area contributed by atoms with Crippen LogP contribution in [-0.2, 0) is 12.6 Å². The minimum absolute atomic E-state index is 0.505. The van der Waals surface area contributed by atoms with Crippen molar-refractivity contribution in [2.45, 2.75) is 12.5 Å². The summed E-state index contributed by atoms with van der Waals surface area (Å²) in [5.41, 5.74) is -0.0822. The highest BCUT2D eigenvalue weighted by Crippen LogP contribution is 2.37. The van der Waals surface area contributed by atoms with E-state index in [1.54, 1.807) is 44.1 Å². The SMILES string of the molecule is COc1cnn(C)c1C(C)(O)c1ccccc1Cl. The minimum Gasteiger partial charge on any atom is -0.493 e. The van der Waals surface area contributed by atoms with Gasteiger partial charge in [-0.3, -0.25) is 4.68 Å². The molecule has 2 rings (SSSR count). The molecule has 0 aliphatic rings. The number of aliphatic hydroxyl groups is 1. The van der Waals surface area contributed by atoms with E-state index < -0.39 is 5.60 Å². The Bertz CT molecular complexity index is 564. The zero-order chi connectivity index (χ0) is 13.3. The molecular weight excluding hydrogens is 252 g/mol. The van der Waals surface area contributed by atoms with Crippen molar-refractivity contribution in [3.63, 3.8) is 0 Å². The number of benzene rings is 1. The van der Waals surface area contributed by atoms with Crippen LogP contribution in [0.2, 0.25) is 5.02 Å². The molecule has 0 aliphatic carbocycles. The van der Waals surface area contributed by atoms with E-state index in [-0.39, 0.29) is 0 Å². The highest BCUT2D eigenvalue weighted by Gasteiger charge is 2.34. The predicted octanol–water partition coefficient (Wildman–Crippen LogP) is 2.34. The molecule has 1 unspecified atom stereocenters. The van der Waals surface area contributed by atoms with Crippen molar-refractivity contribution in [2.24, 2.45) is 7.05 Å². The van der Waals surface area contributed by atoms with E-state index in [9.17, 15) is 5.11 Å². The van der Waals surface area contributed by atoms with Gasteiger partial charge < -0.3 is 9.84 Å². The fourth-order valence-corrected chi connectivity index (χ4v) is 2.43. The lowest BCUT2D eigenvalue weighted by Crippen LogP contribution is -2.27. The largest absolute Gasteiger partial charge is 0.493 e. The maximum Gasteiger partial charge on any atom is 0.163 e. The van der Waals surface area contributed by atoms with Gasteiger partial charge in [0, 0.05) is 17.6 Å². The first-order valence-corrected chi connectivity index (χ1v) is 5.90. The van der Waals surface area contributed by atoms with Gasteiger partial charge in [0.1, 0.15) is 11.3 Å². The van der Waals surface area contributed by atoms with E-state index in [4.69, 9.17) is 16.3 Å². The molecule has 1 heterocycles. The van der Waals surface area contributed by atoms with Crippen molar-refractivity contribution in [1.82, 2.24) is 9.78 Å². The Morgan fingerprint density at radius 3 is 2.67 bits per heavy atom. The van der Waals surface area contributed by atoms with Gasteiger partial charge in [-0.25, -0.2) is 0 Å². The maximum atomic E-state index is 10.8. The highest BCUT2D eigenvalue weighted by molar-refractivity contribution is 6.31. The lowest BCUT2D eigenvalue weighted by Gasteiger charge is -2.26. The number of ether oxygens (including phenoxy) is 1. The first kappa shape index (κ1) is 12.9. The highest BCUT2D eigenvalue weighted by atomic mass is 35.5. The fraction of sp³-hybridized carbons (Fsp3) is 0.308. The molecule has 0 aliphatic heterocycles. The second-order valence-corrected chi connectivity index (χ2v) is 4.64. The van der Waals surface area contributed by atoms with Crippen molar-refractivity contribution in [3.05, 3.63) is 46.7 Å². The van der Waals surface area contributed by atoms with Crippen molar-refractivity contribution in [3.8, 4) is 5.75 Å². The van der Waals surface area contributed by atoms with Gasteiger partial charge in [0.25, 0.3) is 0 Å².